The third-order valence-corrected chi connectivity index (χ3v) is 4.95. The molecule has 3 rings (SSSR count). The average molecular weight is 273 g/mol. The molecule has 1 aromatic rings. The van der Waals surface area contributed by atoms with Gasteiger partial charge in [-0.25, -0.2) is 0 Å². The number of benzene rings is 1. The van der Waals surface area contributed by atoms with E-state index in [1.165, 1.54) is 44.1 Å². The number of hydrogen-bond donors (Lipinski definition) is 1. The molecule has 2 atom stereocenters. The van der Waals surface area contributed by atoms with E-state index in [0.29, 0.717) is 12.0 Å². The van der Waals surface area contributed by atoms with Gasteiger partial charge >= 0.3 is 0 Å². The topological polar surface area (TPSA) is 21.3 Å². The number of nitrogens with one attached hydrogen (secondary N) is 1. The molecule has 2 unspecified atom stereocenters. The van der Waals surface area contributed by atoms with Crippen LogP contribution in [0.4, 0.5) is 0 Å². The van der Waals surface area contributed by atoms with Crippen molar-refractivity contribution in [2.75, 3.05) is 13.2 Å². The van der Waals surface area contributed by atoms with Gasteiger partial charge in [0.15, 0.2) is 0 Å². The second-order valence-electron chi connectivity index (χ2n) is 6.41. The summed E-state index contributed by atoms with van der Waals surface area (Å²) in [6.45, 7) is 4.28. The van der Waals surface area contributed by atoms with Gasteiger partial charge in [-0.2, -0.15) is 0 Å². The molecule has 2 nitrogen and oxygen atoms in total. The summed E-state index contributed by atoms with van der Waals surface area (Å²) in [6, 6.07) is 9.19. The fourth-order valence-corrected chi connectivity index (χ4v) is 3.93. The summed E-state index contributed by atoms with van der Waals surface area (Å²) in [5.74, 6) is 2.60. The molecule has 0 spiro atoms. The fourth-order valence-electron chi connectivity index (χ4n) is 3.93. The zero-order chi connectivity index (χ0) is 13.8. The van der Waals surface area contributed by atoms with Crippen molar-refractivity contribution in [3.05, 3.63) is 29.8 Å². The first-order chi connectivity index (χ1) is 9.88. The van der Waals surface area contributed by atoms with Gasteiger partial charge in [0.2, 0.25) is 0 Å². The van der Waals surface area contributed by atoms with Gasteiger partial charge in [-0.3, -0.25) is 0 Å². The minimum Gasteiger partial charge on any atom is -0.493 e. The van der Waals surface area contributed by atoms with Crippen molar-refractivity contribution in [2.24, 2.45) is 11.8 Å². The SMILES string of the molecule is CCCNC(C1CCCC1)C1COc2ccccc2C1. The lowest BCUT2D eigenvalue weighted by atomic mass is 9.82. The first-order valence-electron chi connectivity index (χ1n) is 8.32. The molecule has 1 saturated carbocycles. The molecule has 1 aliphatic heterocycles. The number of hydrogen-bond acceptors (Lipinski definition) is 2. The lowest BCUT2D eigenvalue weighted by molar-refractivity contribution is 0.153. The van der Waals surface area contributed by atoms with Crippen LogP contribution < -0.4 is 10.1 Å². The normalized spacial score (nSPS) is 24.1. The zero-order valence-corrected chi connectivity index (χ0v) is 12.6. The quantitative estimate of drug-likeness (QED) is 0.881. The summed E-state index contributed by atoms with van der Waals surface area (Å²) in [5, 5.41) is 3.83. The van der Waals surface area contributed by atoms with E-state index >= 15 is 0 Å². The summed E-state index contributed by atoms with van der Waals surface area (Å²) < 4.78 is 6.02. The van der Waals surface area contributed by atoms with Crippen LogP contribution in [0.15, 0.2) is 24.3 Å². The molecule has 1 fully saturated rings. The molecular weight excluding hydrogens is 246 g/mol. The minimum absolute atomic E-state index is 0.638. The van der Waals surface area contributed by atoms with Crippen LogP contribution in [0.1, 0.15) is 44.6 Å². The van der Waals surface area contributed by atoms with E-state index in [4.69, 9.17) is 4.74 Å². The smallest absolute Gasteiger partial charge is 0.122 e. The molecule has 0 saturated heterocycles. The van der Waals surface area contributed by atoms with Crippen LogP contribution >= 0.6 is 0 Å². The molecule has 110 valence electrons. The second kappa shape index (κ2) is 6.62. The molecule has 1 N–H and O–H groups in total. The Morgan fingerprint density at radius 2 is 2.00 bits per heavy atom. The maximum absolute atomic E-state index is 6.02. The van der Waals surface area contributed by atoms with E-state index in [1.54, 1.807) is 0 Å². The number of para-hydroxylation sites is 1. The van der Waals surface area contributed by atoms with Crippen molar-refractivity contribution in [2.45, 2.75) is 51.5 Å². The van der Waals surface area contributed by atoms with Gasteiger partial charge in [0.05, 0.1) is 6.61 Å². The van der Waals surface area contributed by atoms with Crippen molar-refractivity contribution in [1.82, 2.24) is 5.32 Å². The van der Waals surface area contributed by atoms with Gasteiger partial charge in [0.1, 0.15) is 5.75 Å². The van der Waals surface area contributed by atoms with Crippen LogP contribution in [0.5, 0.6) is 5.75 Å². The highest BCUT2D eigenvalue weighted by Gasteiger charge is 2.33. The first-order valence-corrected chi connectivity index (χ1v) is 8.32. The highest BCUT2D eigenvalue weighted by Crippen LogP contribution is 2.35. The second-order valence-corrected chi connectivity index (χ2v) is 6.41. The summed E-state index contributed by atoms with van der Waals surface area (Å²) >= 11 is 0. The Morgan fingerprint density at radius 3 is 2.80 bits per heavy atom. The maximum atomic E-state index is 6.02. The van der Waals surface area contributed by atoms with Gasteiger partial charge in [-0.1, -0.05) is 38.0 Å². The van der Waals surface area contributed by atoms with E-state index in [1.807, 2.05) is 0 Å². The molecule has 0 radical (unpaired) electrons. The van der Waals surface area contributed by atoms with E-state index < -0.39 is 0 Å². The Morgan fingerprint density at radius 1 is 1.20 bits per heavy atom. The Kier molecular flexibility index (Phi) is 4.62. The Labute approximate surface area is 122 Å². The molecule has 2 heteroatoms. The Bertz CT molecular complexity index is 425. The van der Waals surface area contributed by atoms with Gasteiger partial charge in [0, 0.05) is 12.0 Å². The van der Waals surface area contributed by atoms with E-state index in [2.05, 4.69) is 36.5 Å². The molecule has 1 aliphatic carbocycles. The van der Waals surface area contributed by atoms with E-state index in [-0.39, 0.29) is 0 Å². The molecular formula is C18H27NO. The van der Waals surface area contributed by atoms with E-state index in [0.717, 1.165) is 24.8 Å². The van der Waals surface area contributed by atoms with Gasteiger partial charge in [0.25, 0.3) is 0 Å². The first kappa shape index (κ1) is 13.9. The molecule has 0 aromatic heterocycles. The van der Waals surface area contributed by atoms with E-state index in [9.17, 15) is 0 Å². The Hall–Kier alpha value is -1.02. The van der Waals surface area contributed by atoms with Crippen LogP contribution in [0.2, 0.25) is 0 Å². The highest BCUT2D eigenvalue weighted by molar-refractivity contribution is 5.35. The number of rotatable bonds is 5. The summed E-state index contributed by atoms with van der Waals surface area (Å²) in [4.78, 5) is 0. The monoisotopic (exact) mass is 273 g/mol. The van der Waals surface area contributed by atoms with Gasteiger partial charge in [-0.05, 0) is 49.8 Å². The van der Waals surface area contributed by atoms with Crippen LogP contribution in [-0.4, -0.2) is 19.2 Å². The zero-order valence-electron chi connectivity index (χ0n) is 12.6. The van der Waals surface area contributed by atoms with Crippen LogP contribution in [0, 0.1) is 11.8 Å². The summed E-state index contributed by atoms with van der Waals surface area (Å²) in [5.41, 5.74) is 1.39. The summed E-state index contributed by atoms with van der Waals surface area (Å²) in [6.07, 6.45) is 8.03. The minimum atomic E-state index is 0.638. The predicted octanol–water partition coefficient (Wildman–Crippen LogP) is 3.80. The third kappa shape index (κ3) is 3.01. The highest BCUT2D eigenvalue weighted by atomic mass is 16.5. The third-order valence-electron chi connectivity index (χ3n) is 4.95. The van der Waals surface area contributed by atoms with Crippen molar-refractivity contribution in [1.29, 1.82) is 0 Å². The molecule has 1 aromatic carbocycles. The predicted molar refractivity (Wildman–Crippen MR) is 83.2 cm³/mol. The van der Waals surface area contributed by atoms with Gasteiger partial charge in [-0.15, -0.1) is 0 Å². The number of ether oxygens (including phenoxy) is 1. The van der Waals surface area contributed by atoms with Crippen LogP contribution in [0.25, 0.3) is 0 Å². The lowest BCUT2D eigenvalue weighted by Crippen LogP contribution is -2.46. The van der Waals surface area contributed by atoms with Crippen molar-refractivity contribution < 1.29 is 4.74 Å². The summed E-state index contributed by atoms with van der Waals surface area (Å²) in [7, 11) is 0. The fraction of sp³-hybridized carbons (Fsp3) is 0.667. The average Bonchev–Trinajstić information content (AvgIpc) is 3.02. The molecule has 20 heavy (non-hydrogen) atoms. The lowest BCUT2D eigenvalue weighted by Gasteiger charge is -2.35. The molecule has 2 aliphatic rings. The molecule has 1 heterocycles. The van der Waals surface area contributed by atoms with Gasteiger partial charge < -0.3 is 10.1 Å². The standard InChI is InChI=1S/C18H27NO/c1-2-11-19-18(14-7-3-4-8-14)16-12-15-9-5-6-10-17(15)20-13-16/h5-6,9-10,14,16,18-19H,2-4,7-8,11-13H2,1H3. The molecule has 0 bridgehead atoms. The largest absolute Gasteiger partial charge is 0.493 e. The van der Waals surface area contributed by atoms with Crippen LogP contribution in [-0.2, 0) is 6.42 Å². The van der Waals surface area contributed by atoms with Crippen molar-refractivity contribution >= 4 is 0 Å². The van der Waals surface area contributed by atoms with Crippen molar-refractivity contribution in [3.63, 3.8) is 0 Å². The van der Waals surface area contributed by atoms with Crippen molar-refractivity contribution in [3.8, 4) is 5.75 Å². The number of fused-ring (bicyclic) bond motifs is 1. The molecule has 0 amide bonds. The van der Waals surface area contributed by atoms with Crippen LogP contribution in [0.3, 0.4) is 0 Å². The maximum Gasteiger partial charge on any atom is 0.122 e. The Balaban J connectivity index is 1.71.